The summed E-state index contributed by atoms with van der Waals surface area (Å²) in [6.07, 6.45) is 0.868. The van der Waals surface area contributed by atoms with Crippen molar-refractivity contribution in [1.82, 2.24) is 5.32 Å². The molecule has 2 N–H and O–H groups in total. The Kier molecular flexibility index (Phi) is 5.35. The molecule has 1 amide bonds. The van der Waals surface area contributed by atoms with Gasteiger partial charge >= 0.3 is 12.1 Å². The van der Waals surface area contributed by atoms with Gasteiger partial charge in [-0.2, -0.15) is 0 Å². The number of thiophene rings is 1. The van der Waals surface area contributed by atoms with Gasteiger partial charge in [-0.25, -0.2) is 9.59 Å². The summed E-state index contributed by atoms with van der Waals surface area (Å²) in [4.78, 5) is 23.1. The minimum absolute atomic E-state index is 0.349. The highest BCUT2D eigenvalue weighted by Crippen LogP contribution is 2.18. The zero-order valence-electron chi connectivity index (χ0n) is 11.4. The van der Waals surface area contributed by atoms with E-state index < -0.39 is 17.7 Å². The number of carboxylic acids is 1. The molecule has 0 atom stereocenters. The van der Waals surface area contributed by atoms with Crippen molar-refractivity contribution >= 4 is 23.4 Å². The van der Waals surface area contributed by atoms with Gasteiger partial charge in [-0.15, -0.1) is 11.3 Å². The van der Waals surface area contributed by atoms with Gasteiger partial charge in [-0.05, 0) is 45.1 Å². The average Bonchev–Trinajstić information content (AvgIpc) is 2.70. The summed E-state index contributed by atoms with van der Waals surface area (Å²) in [6.45, 7) is 5.87. The van der Waals surface area contributed by atoms with Crippen molar-refractivity contribution < 1.29 is 19.4 Å². The van der Waals surface area contributed by atoms with E-state index in [2.05, 4.69) is 5.32 Å². The molecule has 106 valence electrons. The summed E-state index contributed by atoms with van der Waals surface area (Å²) in [5.74, 6) is -0.906. The summed E-state index contributed by atoms with van der Waals surface area (Å²) >= 11 is 1.42. The Morgan fingerprint density at radius 3 is 2.68 bits per heavy atom. The van der Waals surface area contributed by atoms with Gasteiger partial charge in [0.2, 0.25) is 0 Å². The molecule has 19 heavy (non-hydrogen) atoms. The van der Waals surface area contributed by atoms with Crippen LogP contribution in [0, 0.1) is 0 Å². The number of ether oxygens (including phenoxy) is 1. The molecule has 0 aromatic carbocycles. The fourth-order valence-corrected chi connectivity index (χ4v) is 2.39. The van der Waals surface area contributed by atoms with Crippen molar-refractivity contribution in [2.45, 2.75) is 39.2 Å². The number of alkyl carbamates (subject to hydrolysis) is 1. The molecule has 0 aliphatic heterocycles. The van der Waals surface area contributed by atoms with E-state index in [9.17, 15) is 9.59 Å². The summed E-state index contributed by atoms with van der Waals surface area (Å²) in [7, 11) is 0. The van der Waals surface area contributed by atoms with E-state index in [1.54, 1.807) is 32.2 Å². The van der Waals surface area contributed by atoms with Gasteiger partial charge < -0.3 is 15.2 Å². The van der Waals surface area contributed by atoms with E-state index >= 15 is 0 Å². The van der Waals surface area contributed by atoms with Crippen molar-refractivity contribution in [3.05, 3.63) is 21.9 Å². The number of amides is 1. The number of aryl methyl sites for hydroxylation is 1. The topological polar surface area (TPSA) is 75.6 Å². The number of aromatic carboxylic acids is 1. The van der Waals surface area contributed by atoms with Crippen LogP contribution in [0.5, 0.6) is 0 Å². The fourth-order valence-electron chi connectivity index (χ4n) is 1.48. The molecule has 1 rings (SSSR count). The van der Waals surface area contributed by atoms with Crippen molar-refractivity contribution in [3.63, 3.8) is 0 Å². The highest BCUT2D eigenvalue weighted by molar-refractivity contribution is 7.10. The number of carbonyl (C=O) groups is 2. The first-order valence-electron chi connectivity index (χ1n) is 6.06. The Balaban J connectivity index is 2.30. The van der Waals surface area contributed by atoms with Crippen LogP contribution in [0.4, 0.5) is 4.79 Å². The third-order valence-corrected chi connectivity index (χ3v) is 3.21. The fraction of sp³-hybridized carbons (Fsp3) is 0.538. The van der Waals surface area contributed by atoms with Gasteiger partial charge in [-0.1, -0.05) is 0 Å². The maximum atomic E-state index is 11.4. The van der Waals surface area contributed by atoms with E-state index in [1.165, 1.54) is 11.3 Å². The molecule has 0 spiro atoms. The highest BCUT2D eigenvalue weighted by Gasteiger charge is 2.15. The van der Waals surface area contributed by atoms with Gasteiger partial charge in [0.15, 0.2) is 0 Å². The molecular formula is C13H19NO4S. The molecule has 5 nitrogen and oxygen atoms in total. The predicted octanol–water partition coefficient (Wildman–Crippen LogP) is 2.90. The number of nitrogens with one attached hydrogen (secondary N) is 1. The van der Waals surface area contributed by atoms with Crippen molar-refractivity contribution in [1.29, 1.82) is 0 Å². The molecule has 1 heterocycles. The third-order valence-electron chi connectivity index (χ3n) is 2.22. The predicted molar refractivity (Wildman–Crippen MR) is 73.8 cm³/mol. The Hall–Kier alpha value is -1.56. The third kappa shape index (κ3) is 5.74. The second kappa shape index (κ2) is 6.56. The Bertz CT molecular complexity index is 448. The maximum Gasteiger partial charge on any atom is 0.407 e. The number of carbonyl (C=O) groups excluding carboxylic acids is 1. The van der Waals surface area contributed by atoms with E-state index in [0.29, 0.717) is 24.9 Å². The molecule has 0 bridgehead atoms. The molecule has 0 saturated heterocycles. The van der Waals surface area contributed by atoms with E-state index in [0.717, 1.165) is 4.88 Å². The Morgan fingerprint density at radius 1 is 1.42 bits per heavy atom. The number of hydrogen-bond acceptors (Lipinski definition) is 4. The first-order chi connectivity index (χ1) is 8.79. The lowest BCUT2D eigenvalue weighted by Gasteiger charge is -2.19. The summed E-state index contributed by atoms with van der Waals surface area (Å²) in [5.41, 5.74) is -0.156. The molecule has 0 radical (unpaired) electrons. The number of hydrogen-bond donors (Lipinski definition) is 2. The molecule has 1 aromatic rings. The van der Waals surface area contributed by atoms with E-state index in [1.807, 2.05) is 0 Å². The first kappa shape index (κ1) is 15.5. The van der Waals surface area contributed by atoms with Gasteiger partial charge in [0, 0.05) is 11.4 Å². The lowest BCUT2D eigenvalue weighted by molar-refractivity contribution is 0.0526. The Morgan fingerprint density at radius 2 is 2.11 bits per heavy atom. The minimum Gasteiger partial charge on any atom is -0.478 e. The van der Waals surface area contributed by atoms with Gasteiger partial charge in [0.1, 0.15) is 5.60 Å². The van der Waals surface area contributed by atoms with Crippen LogP contribution in [0.2, 0.25) is 0 Å². The number of carboxylic acid groups (broad SMARTS) is 1. The zero-order chi connectivity index (χ0) is 14.5. The highest BCUT2D eigenvalue weighted by atomic mass is 32.1. The first-order valence-corrected chi connectivity index (χ1v) is 6.94. The smallest absolute Gasteiger partial charge is 0.407 e. The largest absolute Gasteiger partial charge is 0.478 e. The lowest BCUT2D eigenvalue weighted by atomic mass is 10.2. The minimum atomic E-state index is -0.906. The lowest BCUT2D eigenvalue weighted by Crippen LogP contribution is -2.33. The molecule has 0 aliphatic carbocycles. The monoisotopic (exact) mass is 285 g/mol. The van der Waals surface area contributed by atoms with E-state index in [-0.39, 0.29) is 0 Å². The zero-order valence-corrected chi connectivity index (χ0v) is 12.2. The second-order valence-corrected chi connectivity index (χ2v) is 6.10. The van der Waals surface area contributed by atoms with Crippen LogP contribution in [0.15, 0.2) is 11.4 Å². The summed E-state index contributed by atoms with van der Waals surface area (Å²) in [5, 5.41) is 13.4. The summed E-state index contributed by atoms with van der Waals surface area (Å²) < 4.78 is 5.10. The average molecular weight is 285 g/mol. The molecule has 0 unspecified atom stereocenters. The van der Waals surface area contributed by atoms with Crippen molar-refractivity contribution in [3.8, 4) is 0 Å². The quantitative estimate of drug-likeness (QED) is 0.816. The normalized spacial score (nSPS) is 11.1. The van der Waals surface area contributed by atoms with Crippen LogP contribution in [0.3, 0.4) is 0 Å². The molecule has 0 saturated carbocycles. The molecule has 0 aliphatic rings. The van der Waals surface area contributed by atoms with Crippen molar-refractivity contribution in [2.24, 2.45) is 0 Å². The van der Waals surface area contributed by atoms with Crippen LogP contribution in [0.25, 0.3) is 0 Å². The second-order valence-electron chi connectivity index (χ2n) is 5.09. The maximum absolute atomic E-state index is 11.4. The van der Waals surface area contributed by atoms with Crippen LogP contribution in [-0.4, -0.2) is 29.3 Å². The molecule has 6 heteroatoms. The van der Waals surface area contributed by atoms with Crippen LogP contribution in [0.1, 0.15) is 42.4 Å². The van der Waals surface area contributed by atoms with Gasteiger partial charge in [0.05, 0.1) is 5.56 Å². The standard InChI is InChI=1S/C13H19NO4S/c1-13(2,3)18-12(17)14-7-4-5-10-9(11(15)16)6-8-19-10/h6,8H,4-5,7H2,1-3H3,(H,14,17)(H,15,16). The van der Waals surface area contributed by atoms with E-state index in [4.69, 9.17) is 9.84 Å². The van der Waals surface area contributed by atoms with Gasteiger partial charge in [0.25, 0.3) is 0 Å². The Labute approximate surface area is 116 Å². The van der Waals surface area contributed by atoms with Crippen molar-refractivity contribution in [2.75, 3.05) is 6.54 Å². The molecular weight excluding hydrogens is 266 g/mol. The summed E-state index contributed by atoms with van der Waals surface area (Å²) in [6, 6.07) is 1.60. The molecule has 1 aromatic heterocycles. The number of rotatable bonds is 5. The molecule has 0 fully saturated rings. The van der Waals surface area contributed by atoms with Crippen LogP contribution >= 0.6 is 11.3 Å². The van der Waals surface area contributed by atoms with Crippen LogP contribution < -0.4 is 5.32 Å². The van der Waals surface area contributed by atoms with Gasteiger partial charge in [-0.3, -0.25) is 0 Å². The SMILES string of the molecule is CC(C)(C)OC(=O)NCCCc1sccc1C(=O)O. The van der Waals surface area contributed by atoms with Crippen LogP contribution in [-0.2, 0) is 11.2 Å².